The average Bonchev–Trinajstić information content (AvgIpc) is 2.47. The molecule has 0 aromatic heterocycles. The molecule has 1 atom stereocenters. The second kappa shape index (κ2) is 8.85. The van der Waals surface area contributed by atoms with Gasteiger partial charge in [0.25, 0.3) is 5.69 Å². The maximum absolute atomic E-state index is 12.1. The molecular formula is C15H24N2O4S. The van der Waals surface area contributed by atoms with Gasteiger partial charge in [-0.1, -0.05) is 45.2 Å². The third kappa shape index (κ3) is 6.53. The predicted molar refractivity (Wildman–Crippen MR) is 87.0 cm³/mol. The zero-order valence-electron chi connectivity index (χ0n) is 13.1. The standard InChI is InChI=1S/C15H24N2O4S/c1-3-5-7-13(4-2)11-16-22(20,21)12-14-8-6-9-15(10-14)17(18)19/h6,8-10,13,16H,3-5,7,11-12H2,1-2H3/t13-/m0/s1. The Kier molecular flexibility index (Phi) is 7.47. The zero-order valence-corrected chi connectivity index (χ0v) is 13.9. The Morgan fingerprint density at radius 1 is 1.32 bits per heavy atom. The fourth-order valence-electron chi connectivity index (χ4n) is 2.22. The van der Waals surface area contributed by atoms with Crippen LogP contribution in [0.4, 0.5) is 5.69 Å². The molecule has 1 N–H and O–H groups in total. The number of unbranched alkanes of at least 4 members (excludes halogenated alkanes) is 1. The van der Waals surface area contributed by atoms with Gasteiger partial charge in [-0.15, -0.1) is 0 Å². The summed E-state index contributed by atoms with van der Waals surface area (Å²) in [5.41, 5.74) is 0.324. The number of non-ortho nitro benzene ring substituents is 1. The van der Waals surface area contributed by atoms with Gasteiger partial charge in [0.05, 0.1) is 10.7 Å². The predicted octanol–water partition coefficient (Wildman–Crippen LogP) is 3.23. The number of hydrogen-bond acceptors (Lipinski definition) is 4. The number of nitrogens with zero attached hydrogens (tertiary/aromatic N) is 1. The minimum absolute atomic E-state index is 0.0953. The van der Waals surface area contributed by atoms with E-state index < -0.39 is 14.9 Å². The molecule has 0 spiro atoms. The normalized spacial score (nSPS) is 13.0. The lowest BCUT2D eigenvalue weighted by atomic mass is 10.00. The summed E-state index contributed by atoms with van der Waals surface area (Å²) in [6.45, 7) is 4.59. The fraction of sp³-hybridized carbons (Fsp3) is 0.600. The number of rotatable bonds is 10. The molecule has 0 saturated heterocycles. The van der Waals surface area contributed by atoms with E-state index >= 15 is 0 Å². The fourth-order valence-corrected chi connectivity index (χ4v) is 3.43. The molecule has 22 heavy (non-hydrogen) atoms. The summed E-state index contributed by atoms with van der Waals surface area (Å²) in [4.78, 5) is 10.2. The van der Waals surface area contributed by atoms with Crippen molar-refractivity contribution >= 4 is 15.7 Å². The number of nitro benzene ring substituents is 1. The van der Waals surface area contributed by atoms with E-state index in [1.807, 2.05) is 0 Å². The maximum atomic E-state index is 12.1. The van der Waals surface area contributed by atoms with E-state index in [0.717, 1.165) is 25.7 Å². The molecular weight excluding hydrogens is 304 g/mol. The molecule has 0 aliphatic rings. The van der Waals surface area contributed by atoms with Gasteiger partial charge in [0.2, 0.25) is 10.0 Å². The highest BCUT2D eigenvalue weighted by Crippen LogP contribution is 2.16. The third-order valence-electron chi connectivity index (χ3n) is 3.61. The second-order valence-electron chi connectivity index (χ2n) is 5.45. The summed E-state index contributed by atoms with van der Waals surface area (Å²) < 4.78 is 26.8. The van der Waals surface area contributed by atoms with Crippen molar-refractivity contribution in [3.63, 3.8) is 0 Å². The first-order valence-corrected chi connectivity index (χ1v) is 9.23. The summed E-state index contributed by atoms with van der Waals surface area (Å²) >= 11 is 0. The number of nitrogens with one attached hydrogen (secondary N) is 1. The van der Waals surface area contributed by atoms with Crippen molar-refractivity contribution in [1.29, 1.82) is 0 Å². The van der Waals surface area contributed by atoms with Crippen LogP contribution in [0.2, 0.25) is 0 Å². The van der Waals surface area contributed by atoms with Crippen molar-refractivity contribution in [2.45, 2.75) is 45.3 Å². The van der Waals surface area contributed by atoms with Crippen LogP contribution < -0.4 is 4.72 Å². The Balaban J connectivity index is 2.63. The largest absolute Gasteiger partial charge is 0.269 e. The third-order valence-corrected chi connectivity index (χ3v) is 4.93. The van der Waals surface area contributed by atoms with E-state index in [9.17, 15) is 18.5 Å². The number of hydrogen-bond donors (Lipinski definition) is 1. The highest BCUT2D eigenvalue weighted by atomic mass is 32.2. The van der Waals surface area contributed by atoms with Crippen LogP contribution in [0.15, 0.2) is 24.3 Å². The van der Waals surface area contributed by atoms with Crippen molar-refractivity contribution in [2.75, 3.05) is 6.54 Å². The molecule has 1 aromatic rings. The number of benzene rings is 1. The van der Waals surface area contributed by atoms with Crippen LogP contribution in [-0.2, 0) is 15.8 Å². The smallest absolute Gasteiger partial charge is 0.258 e. The first kappa shape index (κ1) is 18.6. The topological polar surface area (TPSA) is 89.3 Å². The van der Waals surface area contributed by atoms with Crippen LogP contribution in [0.25, 0.3) is 0 Å². The van der Waals surface area contributed by atoms with E-state index in [0.29, 0.717) is 18.0 Å². The van der Waals surface area contributed by atoms with Crippen molar-refractivity contribution in [3.8, 4) is 0 Å². The van der Waals surface area contributed by atoms with E-state index in [1.54, 1.807) is 6.07 Å². The lowest BCUT2D eigenvalue weighted by Crippen LogP contribution is -2.30. The van der Waals surface area contributed by atoms with Crippen molar-refractivity contribution in [2.24, 2.45) is 5.92 Å². The van der Waals surface area contributed by atoms with Gasteiger partial charge in [0, 0.05) is 18.7 Å². The Morgan fingerprint density at radius 2 is 2.05 bits per heavy atom. The molecule has 0 saturated carbocycles. The van der Waals surface area contributed by atoms with E-state index in [2.05, 4.69) is 18.6 Å². The summed E-state index contributed by atoms with van der Waals surface area (Å²) in [5.74, 6) is 0.0960. The molecule has 6 nitrogen and oxygen atoms in total. The molecule has 124 valence electrons. The molecule has 0 heterocycles. The molecule has 1 rings (SSSR count). The Morgan fingerprint density at radius 3 is 2.64 bits per heavy atom. The summed E-state index contributed by atoms with van der Waals surface area (Å²) in [6, 6.07) is 5.73. The molecule has 0 unspecified atom stereocenters. The molecule has 0 amide bonds. The number of nitro groups is 1. The van der Waals surface area contributed by atoms with Crippen LogP contribution in [0.1, 0.15) is 45.1 Å². The maximum Gasteiger partial charge on any atom is 0.269 e. The van der Waals surface area contributed by atoms with E-state index in [1.165, 1.54) is 18.2 Å². The molecule has 0 radical (unpaired) electrons. The Labute approximate surface area is 132 Å². The SMILES string of the molecule is CCCC[C@H](CC)CNS(=O)(=O)Cc1cccc([N+](=O)[O-])c1. The van der Waals surface area contributed by atoms with Crippen LogP contribution >= 0.6 is 0 Å². The van der Waals surface area contributed by atoms with Crippen LogP contribution in [0, 0.1) is 16.0 Å². The van der Waals surface area contributed by atoms with Crippen molar-refractivity contribution in [3.05, 3.63) is 39.9 Å². The van der Waals surface area contributed by atoms with Gasteiger partial charge in [0.15, 0.2) is 0 Å². The minimum atomic E-state index is -3.48. The van der Waals surface area contributed by atoms with Crippen molar-refractivity contribution < 1.29 is 13.3 Å². The van der Waals surface area contributed by atoms with E-state index in [-0.39, 0.29) is 11.4 Å². The molecule has 0 aliphatic heterocycles. The molecule has 0 fully saturated rings. The lowest BCUT2D eigenvalue weighted by molar-refractivity contribution is -0.384. The van der Waals surface area contributed by atoms with Gasteiger partial charge in [-0.05, 0) is 17.9 Å². The Hall–Kier alpha value is -1.47. The molecule has 1 aromatic carbocycles. The quantitative estimate of drug-likeness (QED) is 0.527. The van der Waals surface area contributed by atoms with Gasteiger partial charge in [-0.25, -0.2) is 13.1 Å². The molecule has 0 bridgehead atoms. The van der Waals surface area contributed by atoms with E-state index in [4.69, 9.17) is 0 Å². The Bertz CT molecular complexity index is 587. The number of sulfonamides is 1. The highest BCUT2D eigenvalue weighted by Gasteiger charge is 2.16. The molecule has 7 heteroatoms. The first-order chi connectivity index (χ1) is 10.4. The summed E-state index contributed by atoms with van der Waals surface area (Å²) in [7, 11) is -3.48. The zero-order chi connectivity index (χ0) is 16.6. The van der Waals surface area contributed by atoms with Gasteiger partial charge < -0.3 is 0 Å². The summed E-state index contributed by atoms with van der Waals surface area (Å²) in [5, 5.41) is 10.7. The van der Waals surface area contributed by atoms with Gasteiger partial charge in [-0.2, -0.15) is 0 Å². The second-order valence-corrected chi connectivity index (χ2v) is 7.26. The summed E-state index contributed by atoms with van der Waals surface area (Å²) in [6.07, 6.45) is 4.12. The van der Waals surface area contributed by atoms with Crippen LogP contribution in [0.3, 0.4) is 0 Å². The average molecular weight is 328 g/mol. The van der Waals surface area contributed by atoms with Gasteiger partial charge in [-0.3, -0.25) is 10.1 Å². The van der Waals surface area contributed by atoms with Crippen molar-refractivity contribution in [1.82, 2.24) is 4.72 Å². The van der Waals surface area contributed by atoms with Gasteiger partial charge in [0.1, 0.15) is 0 Å². The minimum Gasteiger partial charge on any atom is -0.258 e. The van der Waals surface area contributed by atoms with Crippen LogP contribution in [-0.4, -0.2) is 19.9 Å². The lowest BCUT2D eigenvalue weighted by Gasteiger charge is -2.15. The molecule has 0 aliphatic carbocycles. The van der Waals surface area contributed by atoms with Crippen LogP contribution in [0.5, 0.6) is 0 Å². The van der Waals surface area contributed by atoms with Gasteiger partial charge >= 0.3 is 0 Å². The monoisotopic (exact) mass is 328 g/mol. The highest BCUT2D eigenvalue weighted by molar-refractivity contribution is 7.88. The first-order valence-electron chi connectivity index (χ1n) is 7.58.